The van der Waals surface area contributed by atoms with Crippen molar-refractivity contribution in [1.82, 2.24) is 5.32 Å². The zero-order valence-corrected chi connectivity index (χ0v) is 14.6. The summed E-state index contributed by atoms with van der Waals surface area (Å²) in [6.07, 6.45) is 9.37. The maximum atomic E-state index is 3.70. The second-order valence-corrected chi connectivity index (χ2v) is 8.60. The van der Waals surface area contributed by atoms with Crippen molar-refractivity contribution in [1.29, 1.82) is 0 Å². The molecule has 1 nitrogen and oxygen atoms in total. The highest BCUT2D eigenvalue weighted by Gasteiger charge is 2.34. The first-order valence-corrected chi connectivity index (χ1v) is 9.53. The van der Waals surface area contributed by atoms with Gasteiger partial charge in [-0.05, 0) is 80.4 Å². The Morgan fingerprint density at radius 1 is 1.26 bits per heavy atom. The molecular weight excluding hydrogens is 250 g/mol. The summed E-state index contributed by atoms with van der Waals surface area (Å²) in [7, 11) is 0. The molecule has 19 heavy (non-hydrogen) atoms. The molecule has 0 aromatic rings. The van der Waals surface area contributed by atoms with Gasteiger partial charge in [-0.2, -0.15) is 11.8 Å². The van der Waals surface area contributed by atoms with Crippen LogP contribution >= 0.6 is 11.8 Å². The number of hydrogen-bond acceptors (Lipinski definition) is 2. The predicted molar refractivity (Wildman–Crippen MR) is 89.9 cm³/mol. The topological polar surface area (TPSA) is 12.0 Å². The van der Waals surface area contributed by atoms with E-state index < -0.39 is 0 Å². The molecule has 0 amide bonds. The first kappa shape index (κ1) is 17.4. The van der Waals surface area contributed by atoms with E-state index >= 15 is 0 Å². The summed E-state index contributed by atoms with van der Waals surface area (Å²) in [5.41, 5.74) is 0.582. The Bertz CT molecular complexity index is 237. The van der Waals surface area contributed by atoms with Crippen LogP contribution in [-0.4, -0.2) is 25.1 Å². The standard InChI is InChI=1S/C17H35NS/c1-14(2)12-18-13-16-8-9-17(3,4)11-15(16)7-6-10-19-5/h14-16,18H,6-13H2,1-5H3. The smallest absolute Gasteiger partial charge is 0.00177 e. The minimum atomic E-state index is 0.582. The lowest BCUT2D eigenvalue weighted by Gasteiger charge is -2.41. The van der Waals surface area contributed by atoms with Crippen molar-refractivity contribution in [2.24, 2.45) is 23.2 Å². The van der Waals surface area contributed by atoms with Crippen molar-refractivity contribution >= 4 is 11.8 Å². The van der Waals surface area contributed by atoms with E-state index in [1.807, 2.05) is 11.8 Å². The molecular formula is C17H35NS. The average molecular weight is 286 g/mol. The van der Waals surface area contributed by atoms with Gasteiger partial charge in [0.15, 0.2) is 0 Å². The van der Waals surface area contributed by atoms with Gasteiger partial charge in [-0.25, -0.2) is 0 Å². The summed E-state index contributed by atoms with van der Waals surface area (Å²) in [4.78, 5) is 0. The largest absolute Gasteiger partial charge is 0.316 e. The summed E-state index contributed by atoms with van der Waals surface area (Å²) < 4.78 is 0. The summed E-state index contributed by atoms with van der Waals surface area (Å²) in [6.45, 7) is 12.0. The molecule has 0 saturated heterocycles. The predicted octanol–water partition coefficient (Wildman–Crippen LogP) is 4.82. The SMILES string of the molecule is CSCCCC1CC(C)(C)CCC1CNCC(C)C. The van der Waals surface area contributed by atoms with Gasteiger partial charge in [0, 0.05) is 0 Å². The van der Waals surface area contributed by atoms with Gasteiger partial charge in [-0.3, -0.25) is 0 Å². The van der Waals surface area contributed by atoms with Gasteiger partial charge in [0.2, 0.25) is 0 Å². The van der Waals surface area contributed by atoms with Gasteiger partial charge in [0.25, 0.3) is 0 Å². The molecule has 2 atom stereocenters. The third-order valence-corrected chi connectivity index (χ3v) is 5.25. The fourth-order valence-corrected chi connectivity index (χ4v) is 3.90. The van der Waals surface area contributed by atoms with Crippen molar-refractivity contribution in [3.05, 3.63) is 0 Å². The van der Waals surface area contributed by atoms with Crippen LogP contribution in [0.25, 0.3) is 0 Å². The summed E-state index contributed by atoms with van der Waals surface area (Å²) in [5.74, 6) is 3.99. The van der Waals surface area contributed by atoms with Crippen molar-refractivity contribution in [3.63, 3.8) is 0 Å². The molecule has 1 aliphatic carbocycles. The Hall–Kier alpha value is 0.310. The zero-order chi connectivity index (χ0) is 14.3. The zero-order valence-electron chi connectivity index (χ0n) is 13.8. The van der Waals surface area contributed by atoms with Crippen molar-refractivity contribution in [3.8, 4) is 0 Å². The number of nitrogens with one attached hydrogen (secondary N) is 1. The lowest BCUT2D eigenvalue weighted by molar-refractivity contribution is 0.109. The highest BCUT2D eigenvalue weighted by Crippen LogP contribution is 2.43. The van der Waals surface area contributed by atoms with E-state index in [4.69, 9.17) is 0 Å². The van der Waals surface area contributed by atoms with Crippen LogP contribution in [0.3, 0.4) is 0 Å². The molecule has 1 saturated carbocycles. The van der Waals surface area contributed by atoms with E-state index in [-0.39, 0.29) is 0 Å². The van der Waals surface area contributed by atoms with Crippen LogP contribution in [0.4, 0.5) is 0 Å². The number of thioether (sulfide) groups is 1. The molecule has 1 fully saturated rings. The quantitative estimate of drug-likeness (QED) is 0.642. The van der Waals surface area contributed by atoms with Crippen LogP contribution in [0.15, 0.2) is 0 Å². The molecule has 1 rings (SSSR count). The minimum absolute atomic E-state index is 0.582. The molecule has 1 aliphatic rings. The van der Waals surface area contributed by atoms with Crippen molar-refractivity contribution < 1.29 is 0 Å². The lowest BCUT2D eigenvalue weighted by atomic mass is 9.66. The Balaban J connectivity index is 2.41. The summed E-state index contributed by atoms with van der Waals surface area (Å²) >= 11 is 2.00. The van der Waals surface area contributed by atoms with E-state index in [2.05, 4.69) is 39.3 Å². The van der Waals surface area contributed by atoms with Gasteiger partial charge in [-0.1, -0.05) is 27.7 Å². The van der Waals surface area contributed by atoms with Crippen LogP contribution in [-0.2, 0) is 0 Å². The van der Waals surface area contributed by atoms with Gasteiger partial charge in [0.05, 0.1) is 0 Å². The first-order chi connectivity index (χ1) is 8.94. The van der Waals surface area contributed by atoms with E-state index in [9.17, 15) is 0 Å². The third-order valence-electron chi connectivity index (χ3n) is 4.56. The van der Waals surface area contributed by atoms with Crippen molar-refractivity contribution in [2.45, 2.75) is 59.8 Å². The van der Waals surface area contributed by atoms with E-state index in [0.717, 1.165) is 17.8 Å². The minimum Gasteiger partial charge on any atom is -0.316 e. The fourth-order valence-electron chi connectivity index (χ4n) is 3.44. The van der Waals surface area contributed by atoms with Crippen LogP contribution in [0, 0.1) is 23.2 Å². The number of rotatable bonds is 8. The molecule has 2 heteroatoms. The Morgan fingerprint density at radius 2 is 2.00 bits per heavy atom. The van der Waals surface area contributed by atoms with Crippen molar-refractivity contribution in [2.75, 3.05) is 25.1 Å². The highest BCUT2D eigenvalue weighted by atomic mass is 32.2. The van der Waals surface area contributed by atoms with Crippen LogP contribution in [0.5, 0.6) is 0 Å². The maximum absolute atomic E-state index is 3.70. The van der Waals surface area contributed by atoms with Crippen LogP contribution in [0.2, 0.25) is 0 Å². The maximum Gasteiger partial charge on any atom is -0.00177 e. The molecule has 0 spiro atoms. The highest BCUT2D eigenvalue weighted by molar-refractivity contribution is 7.98. The Kier molecular flexibility index (Phi) is 7.83. The first-order valence-electron chi connectivity index (χ1n) is 8.14. The Morgan fingerprint density at radius 3 is 2.63 bits per heavy atom. The molecule has 0 heterocycles. The number of hydrogen-bond donors (Lipinski definition) is 1. The third kappa shape index (κ3) is 7.04. The van der Waals surface area contributed by atoms with Crippen LogP contribution in [0.1, 0.15) is 59.8 Å². The molecule has 1 N–H and O–H groups in total. The molecule has 0 radical (unpaired) electrons. The van der Waals surface area contributed by atoms with Crippen LogP contribution < -0.4 is 5.32 Å². The lowest BCUT2D eigenvalue weighted by Crippen LogP contribution is -2.37. The van der Waals surface area contributed by atoms with E-state index in [0.29, 0.717) is 5.41 Å². The summed E-state index contributed by atoms with van der Waals surface area (Å²) in [6, 6.07) is 0. The molecule has 0 aromatic heterocycles. The monoisotopic (exact) mass is 285 g/mol. The second kappa shape index (κ2) is 8.56. The van der Waals surface area contributed by atoms with E-state index in [1.54, 1.807) is 0 Å². The molecule has 0 aliphatic heterocycles. The Labute approximate surface area is 125 Å². The van der Waals surface area contributed by atoms with Gasteiger partial charge in [0.1, 0.15) is 0 Å². The normalized spacial score (nSPS) is 26.8. The molecule has 2 unspecified atom stereocenters. The molecule has 0 bridgehead atoms. The van der Waals surface area contributed by atoms with E-state index in [1.165, 1.54) is 50.9 Å². The molecule has 114 valence electrons. The fraction of sp³-hybridized carbons (Fsp3) is 1.00. The second-order valence-electron chi connectivity index (χ2n) is 7.61. The van der Waals surface area contributed by atoms with Gasteiger partial charge >= 0.3 is 0 Å². The van der Waals surface area contributed by atoms with Gasteiger partial charge in [-0.15, -0.1) is 0 Å². The van der Waals surface area contributed by atoms with Gasteiger partial charge < -0.3 is 5.32 Å². The summed E-state index contributed by atoms with van der Waals surface area (Å²) in [5, 5.41) is 3.70. The average Bonchev–Trinajstić information content (AvgIpc) is 2.31. The molecule has 0 aromatic carbocycles.